The van der Waals surface area contributed by atoms with Gasteiger partial charge in [-0.15, -0.1) is 0 Å². The Balaban J connectivity index is 1.98. The molecule has 0 spiro atoms. The Morgan fingerprint density at radius 1 is 1.10 bits per heavy atom. The van der Waals surface area contributed by atoms with E-state index in [1.165, 1.54) is 18.2 Å². The van der Waals surface area contributed by atoms with Gasteiger partial charge in [-0.2, -0.15) is 0 Å². The number of halogens is 3. The monoisotopic (exact) mass is 443 g/mol. The van der Waals surface area contributed by atoms with Crippen molar-refractivity contribution < 1.29 is 26.3 Å². The van der Waals surface area contributed by atoms with Gasteiger partial charge in [0, 0.05) is 26.4 Å². The number of hydrogen-bond donors (Lipinski definition) is 2. The zero-order valence-electron chi connectivity index (χ0n) is 16.7. The topological polar surface area (TPSA) is 79.8 Å². The number of ether oxygens (including phenoxy) is 1. The third-order valence-corrected chi connectivity index (χ3v) is 4.83. The molecule has 0 aliphatic rings. The molecule has 0 bridgehead atoms. The lowest BCUT2D eigenvalue weighted by Crippen LogP contribution is -2.36. The quantitative estimate of drug-likeness (QED) is 0.460. The van der Waals surface area contributed by atoms with Crippen molar-refractivity contribution in [2.45, 2.75) is 25.3 Å². The van der Waals surface area contributed by atoms with Crippen molar-refractivity contribution in [1.29, 1.82) is 0 Å². The first kappa shape index (κ1) is 23.5. The van der Waals surface area contributed by atoms with Crippen molar-refractivity contribution >= 4 is 15.8 Å². The largest absolute Gasteiger partial charge is 0.488 e. The second-order valence-corrected chi connectivity index (χ2v) is 8.75. The fraction of sp³-hybridized carbons (Fsp3) is 0.350. The molecule has 2 aromatic carbocycles. The highest BCUT2D eigenvalue weighted by Gasteiger charge is 2.11. The summed E-state index contributed by atoms with van der Waals surface area (Å²) in [5, 5.41) is 6.06. The summed E-state index contributed by atoms with van der Waals surface area (Å²) < 4.78 is 66.4. The lowest BCUT2D eigenvalue weighted by molar-refractivity contribution is 0.0818. The zero-order chi connectivity index (χ0) is 22.1. The molecule has 0 atom stereocenters. The molecule has 0 aliphatic heterocycles. The van der Waals surface area contributed by atoms with E-state index in [1.807, 2.05) is 0 Å². The van der Waals surface area contributed by atoms with Crippen LogP contribution < -0.4 is 15.4 Å². The molecule has 0 saturated heterocycles. The van der Waals surface area contributed by atoms with E-state index in [1.54, 1.807) is 31.3 Å². The number of rotatable bonds is 9. The first-order valence-electron chi connectivity index (χ1n) is 9.05. The Hall–Kier alpha value is -2.75. The molecule has 2 rings (SSSR count). The molecule has 6 nitrogen and oxygen atoms in total. The van der Waals surface area contributed by atoms with Crippen LogP contribution in [0.3, 0.4) is 0 Å². The molecule has 0 amide bonds. The van der Waals surface area contributed by atoms with Crippen molar-refractivity contribution in [3.63, 3.8) is 0 Å². The van der Waals surface area contributed by atoms with Gasteiger partial charge in [0.1, 0.15) is 18.2 Å². The number of guanidine groups is 1. The van der Waals surface area contributed by atoms with Crippen LogP contribution in [0.1, 0.15) is 16.7 Å². The van der Waals surface area contributed by atoms with Crippen molar-refractivity contribution in [3.05, 3.63) is 65.0 Å². The molecule has 0 heterocycles. The van der Waals surface area contributed by atoms with Gasteiger partial charge in [-0.3, -0.25) is 4.99 Å². The molecule has 10 heteroatoms. The molecule has 0 aliphatic carbocycles. The van der Waals surface area contributed by atoms with E-state index in [4.69, 9.17) is 4.74 Å². The summed E-state index contributed by atoms with van der Waals surface area (Å²) in [6.07, 6.45) is -1.43. The molecule has 30 heavy (non-hydrogen) atoms. The third-order valence-electron chi connectivity index (χ3n) is 3.99. The summed E-state index contributed by atoms with van der Waals surface area (Å²) in [6.45, 7) is -0.172. The molecule has 2 aromatic rings. The smallest absolute Gasteiger partial charge is 0.272 e. The minimum atomic E-state index is -3.27. The zero-order valence-corrected chi connectivity index (χ0v) is 17.5. The number of alkyl halides is 2. The highest BCUT2D eigenvalue weighted by atomic mass is 32.2. The average molecular weight is 443 g/mol. The number of sulfone groups is 1. The summed E-state index contributed by atoms with van der Waals surface area (Å²) in [7, 11) is -1.72. The predicted molar refractivity (Wildman–Crippen MR) is 110 cm³/mol. The van der Waals surface area contributed by atoms with Crippen molar-refractivity contribution in [2.75, 3.05) is 19.9 Å². The number of aliphatic imine (C=N–C) groups is 1. The van der Waals surface area contributed by atoms with Gasteiger partial charge in [0.15, 0.2) is 15.8 Å². The molecule has 0 saturated carbocycles. The number of nitrogens with zero attached hydrogens (tertiary/aromatic N) is 1. The van der Waals surface area contributed by atoms with Crippen LogP contribution in [0.5, 0.6) is 5.75 Å². The fourth-order valence-corrected chi connectivity index (χ4v) is 3.52. The Kier molecular flexibility index (Phi) is 8.52. The van der Waals surface area contributed by atoms with Crippen LogP contribution in [0.2, 0.25) is 0 Å². The highest BCUT2D eigenvalue weighted by Crippen LogP contribution is 2.15. The van der Waals surface area contributed by atoms with E-state index in [0.29, 0.717) is 29.4 Å². The minimum absolute atomic E-state index is 0.166. The van der Waals surface area contributed by atoms with Crippen LogP contribution in [0, 0.1) is 5.82 Å². The maximum Gasteiger partial charge on any atom is 0.272 e. The Morgan fingerprint density at radius 2 is 1.83 bits per heavy atom. The van der Waals surface area contributed by atoms with E-state index >= 15 is 0 Å². The lowest BCUT2D eigenvalue weighted by Gasteiger charge is -2.15. The molecule has 0 aromatic heterocycles. The molecule has 0 radical (unpaired) electrons. The summed E-state index contributed by atoms with van der Waals surface area (Å²) in [4.78, 5) is 4.08. The van der Waals surface area contributed by atoms with Gasteiger partial charge in [-0.1, -0.05) is 18.2 Å². The van der Waals surface area contributed by atoms with Gasteiger partial charge in [-0.05, 0) is 41.0 Å². The summed E-state index contributed by atoms with van der Waals surface area (Å²) in [6, 6.07) is 10.7. The molecule has 0 fully saturated rings. The SMILES string of the molecule is CN=C(NCc1cccc(OCC(F)F)c1)NCc1cc(F)ccc1CS(C)(=O)=O. The first-order valence-corrected chi connectivity index (χ1v) is 11.1. The average Bonchev–Trinajstić information content (AvgIpc) is 2.67. The van der Waals surface area contributed by atoms with Gasteiger partial charge in [0.05, 0.1) is 5.75 Å². The van der Waals surface area contributed by atoms with Crippen molar-refractivity contribution in [1.82, 2.24) is 10.6 Å². The van der Waals surface area contributed by atoms with Crippen LogP contribution in [-0.2, 0) is 28.7 Å². The van der Waals surface area contributed by atoms with Gasteiger partial charge in [-0.25, -0.2) is 21.6 Å². The van der Waals surface area contributed by atoms with Gasteiger partial charge in [0.2, 0.25) is 0 Å². The van der Waals surface area contributed by atoms with E-state index in [2.05, 4.69) is 15.6 Å². The van der Waals surface area contributed by atoms with Crippen LogP contribution >= 0.6 is 0 Å². The van der Waals surface area contributed by atoms with E-state index in [9.17, 15) is 21.6 Å². The van der Waals surface area contributed by atoms with E-state index < -0.39 is 28.7 Å². The summed E-state index contributed by atoms with van der Waals surface area (Å²) >= 11 is 0. The van der Waals surface area contributed by atoms with E-state index in [0.717, 1.165) is 11.8 Å². The summed E-state index contributed by atoms with van der Waals surface area (Å²) in [5.41, 5.74) is 1.80. The Labute approximate surface area is 174 Å². The van der Waals surface area contributed by atoms with Crippen LogP contribution in [-0.4, -0.2) is 40.7 Å². The maximum absolute atomic E-state index is 13.6. The number of nitrogens with one attached hydrogen (secondary N) is 2. The van der Waals surface area contributed by atoms with Crippen molar-refractivity contribution in [3.8, 4) is 5.75 Å². The maximum atomic E-state index is 13.6. The minimum Gasteiger partial charge on any atom is -0.488 e. The van der Waals surface area contributed by atoms with Crippen molar-refractivity contribution in [2.24, 2.45) is 4.99 Å². The normalized spacial score (nSPS) is 12.1. The van der Waals surface area contributed by atoms with E-state index in [-0.39, 0.29) is 12.3 Å². The Morgan fingerprint density at radius 3 is 2.50 bits per heavy atom. The second-order valence-electron chi connectivity index (χ2n) is 6.61. The van der Waals surface area contributed by atoms with Gasteiger partial charge < -0.3 is 15.4 Å². The lowest BCUT2D eigenvalue weighted by atomic mass is 10.1. The molecule has 2 N–H and O–H groups in total. The third kappa shape index (κ3) is 8.32. The highest BCUT2D eigenvalue weighted by molar-refractivity contribution is 7.89. The van der Waals surface area contributed by atoms with Crippen LogP contribution in [0.4, 0.5) is 13.2 Å². The standard InChI is InChI=1S/C20H24F3N3O3S/c1-24-20(25-10-14-4-3-5-18(8-14)29-12-19(22)23)26-11-16-9-17(21)7-6-15(16)13-30(2,27)28/h3-9,19H,10-13H2,1-2H3,(H2,24,25,26). The second kappa shape index (κ2) is 10.9. The fourth-order valence-electron chi connectivity index (χ4n) is 2.67. The number of benzene rings is 2. The molecule has 164 valence electrons. The predicted octanol–water partition coefficient (Wildman–Crippen LogP) is 2.88. The molecular formula is C20H24F3N3O3S. The van der Waals surface area contributed by atoms with Gasteiger partial charge in [0.25, 0.3) is 6.43 Å². The summed E-state index contributed by atoms with van der Waals surface area (Å²) in [5.74, 6) is 0.0839. The molecule has 0 unspecified atom stereocenters. The van der Waals surface area contributed by atoms with Crippen LogP contribution in [0.15, 0.2) is 47.5 Å². The number of hydrogen-bond acceptors (Lipinski definition) is 4. The Bertz CT molecular complexity index is 982. The molecular weight excluding hydrogens is 419 g/mol. The van der Waals surface area contributed by atoms with Crippen LogP contribution in [0.25, 0.3) is 0 Å². The first-order chi connectivity index (χ1) is 14.2. The van der Waals surface area contributed by atoms with Gasteiger partial charge >= 0.3 is 0 Å².